The summed E-state index contributed by atoms with van der Waals surface area (Å²) in [5, 5.41) is 7.42. The number of fused-ring (bicyclic) bond motifs is 6. The van der Waals surface area contributed by atoms with Crippen LogP contribution in [-0.2, 0) is 10.8 Å². The summed E-state index contributed by atoms with van der Waals surface area (Å²) in [6, 6.07) is 90.5. The highest BCUT2D eigenvalue weighted by atomic mass is 15.2. The molecule has 0 aliphatic heterocycles. The Morgan fingerprint density at radius 1 is 0.278 bits per heavy atom. The predicted octanol–water partition coefficient (Wildman–Crippen LogP) is 19.5. The third kappa shape index (κ3) is 6.22. The van der Waals surface area contributed by atoms with Crippen molar-refractivity contribution in [1.82, 2.24) is 0 Å². The standard InChI is InChI=1S/C70H52N2/c1-69(2)59-31-13-11-27-53(59)55-29-17-33-63(67(55)69)71(51-25-15-23-49(43-51)45-19-7-5-8-20-45)61-41-37-47-36-40-58-62(42-38-48-35-39-57(61)65(47)66(48)58)72(52-26-16-24-50(44-52)46-21-9-6-10-22-46)64-34-18-30-56-54-28-12-14-32-60(54)70(3,4)68(56)64/h5-44H,1-4H3. The third-order valence-corrected chi connectivity index (χ3v) is 16.1. The summed E-state index contributed by atoms with van der Waals surface area (Å²) in [5.41, 5.74) is 21.9. The van der Waals surface area contributed by atoms with Gasteiger partial charge in [0.25, 0.3) is 0 Å². The zero-order valence-electron chi connectivity index (χ0n) is 41.0. The maximum Gasteiger partial charge on any atom is 0.0540 e. The van der Waals surface area contributed by atoms with Crippen LogP contribution in [-0.4, -0.2) is 0 Å². The molecule has 342 valence electrons. The van der Waals surface area contributed by atoms with Crippen molar-refractivity contribution in [3.05, 3.63) is 265 Å². The Morgan fingerprint density at radius 2 is 0.639 bits per heavy atom. The van der Waals surface area contributed by atoms with E-state index >= 15 is 0 Å². The number of rotatable bonds is 8. The van der Waals surface area contributed by atoms with Crippen molar-refractivity contribution in [1.29, 1.82) is 0 Å². The van der Waals surface area contributed by atoms with Crippen LogP contribution in [0.15, 0.2) is 243 Å². The molecule has 0 bridgehead atoms. The van der Waals surface area contributed by atoms with E-state index in [1.54, 1.807) is 0 Å². The molecule has 0 amide bonds. The van der Waals surface area contributed by atoms with Gasteiger partial charge in [-0.25, -0.2) is 0 Å². The molecular weight excluding hydrogens is 869 g/mol. The molecule has 0 fully saturated rings. The fourth-order valence-corrected chi connectivity index (χ4v) is 12.9. The molecule has 0 heterocycles. The lowest BCUT2D eigenvalue weighted by atomic mass is 9.81. The fourth-order valence-electron chi connectivity index (χ4n) is 12.9. The molecule has 12 aromatic carbocycles. The first kappa shape index (κ1) is 42.2. The van der Waals surface area contributed by atoms with Gasteiger partial charge < -0.3 is 9.80 Å². The highest BCUT2D eigenvalue weighted by Crippen LogP contribution is 2.58. The molecule has 0 atom stereocenters. The quantitative estimate of drug-likeness (QED) is 0.140. The van der Waals surface area contributed by atoms with Crippen molar-refractivity contribution in [2.45, 2.75) is 38.5 Å². The average Bonchev–Trinajstić information content (AvgIpc) is 3.82. The van der Waals surface area contributed by atoms with E-state index < -0.39 is 0 Å². The van der Waals surface area contributed by atoms with Gasteiger partial charge in [-0.15, -0.1) is 0 Å². The number of nitrogens with zero attached hydrogens (tertiary/aromatic N) is 2. The van der Waals surface area contributed by atoms with Crippen LogP contribution in [0.2, 0.25) is 0 Å². The Bertz CT molecular complexity index is 3840. The van der Waals surface area contributed by atoms with Gasteiger partial charge in [-0.05, 0) is 137 Å². The van der Waals surface area contributed by atoms with Crippen LogP contribution < -0.4 is 9.80 Å². The lowest BCUT2D eigenvalue weighted by Crippen LogP contribution is -2.21. The Balaban J connectivity index is 1.03. The van der Waals surface area contributed by atoms with Crippen LogP contribution in [0.5, 0.6) is 0 Å². The summed E-state index contributed by atoms with van der Waals surface area (Å²) in [4.78, 5) is 5.11. The molecule has 2 aliphatic carbocycles. The molecule has 0 radical (unpaired) electrons. The van der Waals surface area contributed by atoms with Gasteiger partial charge in [-0.3, -0.25) is 0 Å². The lowest BCUT2D eigenvalue weighted by Gasteiger charge is -2.34. The maximum absolute atomic E-state index is 2.56. The van der Waals surface area contributed by atoms with Crippen LogP contribution in [0, 0.1) is 0 Å². The predicted molar refractivity (Wildman–Crippen MR) is 306 cm³/mol. The zero-order chi connectivity index (χ0) is 48.3. The Morgan fingerprint density at radius 3 is 1.08 bits per heavy atom. The maximum atomic E-state index is 2.56. The van der Waals surface area contributed by atoms with E-state index in [4.69, 9.17) is 0 Å². The third-order valence-electron chi connectivity index (χ3n) is 16.1. The van der Waals surface area contributed by atoms with Gasteiger partial charge in [0.2, 0.25) is 0 Å². The van der Waals surface area contributed by atoms with Crippen molar-refractivity contribution in [3.63, 3.8) is 0 Å². The van der Waals surface area contributed by atoms with Crippen molar-refractivity contribution < 1.29 is 0 Å². The van der Waals surface area contributed by atoms with Gasteiger partial charge in [0, 0.05) is 33.0 Å². The molecule has 0 saturated carbocycles. The van der Waals surface area contributed by atoms with E-state index in [1.807, 2.05) is 0 Å². The normalized spacial score (nSPS) is 13.8. The fraction of sp³-hybridized carbons (Fsp3) is 0.0857. The van der Waals surface area contributed by atoms with E-state index in [1.165, 1.54) is 110 Å². The van der Waals surface area contributed by atoms with Crippen molar-refractivity contribution in [2.75, 3.05) is 9.80 Å². The Labute approximate surface area is 422 Å². The largest absolute Gasteiger partial charge is 0.310 e. The second kappa shape index (κ2) is 15.9. The minimum atomic E-state index is -0.231. The molecule has 12 aromatic rings. The molecule has 0 aromatic heterocycles. The van der Waals surface area contributed by atoms with Gasteiger partial charge in [-0.2, -0.15) is 0 Å². The van der Waals surface area contributed by atoms with Gasteiger partial charge >= 0.3 is 0 Å². The van der Waals surface area contributed by atoms with Crippen molar-refractivity contribution in [2.24, 2.45) is 0 Å². The molecule has 2 nitrogen and oxygen atoms in total. The van der Waals surface area contributed by atoms with Crippen molar-refractivity contribution in [3.8, 4) is 44.5 Å². The number of hydrogen-bond acceptors (Lipinski definition) is 2. The summed E-state index contributed by atoms with van der Waals surface area (Å²) in [6.45, 7) is 9.59. The highest BCUT2D eigenvalue weighted by Gasteiger charge is 2.41. The lowest BCUT2D eigenvalue weighted by molar-refractivity contribution is 0.660. The summed E-state index contributed by atoms with van der Waals surface area (Å²) in [6.07, 6.45) is 0. The molecule has 0 N–H and O–H groups in total. The molecule has 0 saturated heterocycles. The molecule has 2 heteroatoms. The van der Waals surface area contributed by atoms with Crippen LogP contribution in [0.1, 0.15) is 49.9 Å². The van der Waals surface area contributed by atoms with Gasteiger partial charge in [0.1, 0.15) is 0 Å². The number of anilines is 6. The summed E-state index contributed by atoms with van der Waals surface area (Å²) in [5.74, 6) is 0. The highest BCUT2D eigenvalue weighted by molar-refractivity contribution is 6.28. The van der Waals surface area contributed by atoms with E-state index in [-0.39, 0.29) is 10.8 Å². The summed E-state index contributed by atoms with van der Waals surface area (Å²) < 4.78 is 0. The van der Waals surface area contributed by atoms with Gasteiger partial charge in [-0.1, -0.05) is 222 Å². The molecule has 2 aliphatic rings. The van der Waals surface area contributed by atoms with E-state index in [0.29, 0.717) is 0 Å². The van der Waals surface area contributed by atoms with Crippen molar-refractivity contribution >= 4 is 66.4 Å². The summed E-state index contributed by atoms with van der Waals surface area (Å²) in [7, 11) is 0. The van der Waals surface area contributed by atoms with Crippen LogP contribution in [0.4, 0.5) is 34.1 Å². The molecule has 72 heavy (non-hydrogen) atoms. The second-order valence-electron chi connectivity index (χ2n) is 20.8. The van der Waals surface area contributed by atoms with Crippen LogP contribution in [0.3, 0.4) is 0 Å². The smallest absolute Gasteiger partial charge is 0.0540 e. The molecular formula is C70H52N2. The van der Waals surface area contributed by atoms with Gasteiger partial charge in [0.05, 0.1) is 22.7 Å². The monoisotopic (exact) mass is 920 g/mol. The molecule has 0 spiro atoms. The second-order valence-corrected chi connectivity index (χ2v) is 20.8. The molecule has 14 rings (SSSR count). The van der Waals surface area contributed by atoms with E-state index in [2.05, 4.69) is 280 Å². The number of hydrogen-bond donors (Lipinski definition) is 0. The SMILES string of the molecule is CC1(C)c2ccccc2-c2cccc(N(c3cccc(-c4ccccc4)c3)c3ccc4ccc5c(N(c6cccc(-c7ccccc7)c6)c6cccc7c6C(C)(C)c6ccccc6-7)ccc6ccc3c4c65)c21. The van der Waals surface area contributed by atoms with Crippen LogP contribution in [0.25, 0.3) is 76.8 Å². The van der Waals surface area contributed by atoms with E-state index in [0.717, 1.165) is 22.7 Å². The van der Waals surface area contributed by atoms with E-state index in [9.17, 15) is 0 Å². The average molecular weight is 921 g/mol. The Kier molecular flexibility index (Phi) is 9.32. The minimum Gasteiger partial charge on any atom is -0.310 e. The zero-order valence-corrected chi connectivity index (χ0v) is 41.0. The first-order valence-electron chi connectivity index (χ1n) is 25.3. The summed E-state index contributed by atoms with van der Waals surface area (Å²) >= 11 is 0. The number of benzene rings is 12. The Hall–Kier alpha value is -8.72. The first-order chi connectivity index (χ1) is 35.3. The van der Waals surface area contributed by atoms with Crippen LogP contribution >= 0.6 is 0 Å². The molecule has 0 unspecified atom stereocenters. The topological polar surface area (TPSA) is 6.48 Å². The van der Waals surface area contributed by atoms with Gasteiger partial charge in [0.15, 0.2) is 0 Å². The first-order valence-corrected chi connectivity index (χ1v) is 25.3. The minimum absolute atomic E-state index is 0.231.